The molecule has 0 aromatic heterocycles. The van der Waals surface area contributed by atoms with Crippen LogP contribution in [0.3, 0.4) is 0 Å². The molecule has 0 fully saturated rings. The van der Waals surface area contributed by atoms with Crippen LogP contribution in [0.4, 0.5) is 0 Å². The quantitative estimate of drug-likeness (QED) is 0.371. The van der Waals surface area contributed by atoms with Gasteiger partial charge in [0.05, 0.1) is 0 Å². The van der Waals surface area contributed by atoms with E-state index in [1.807, 2.05) is 0 Å². The Kier molecular flexibility index (Phi) is 24.3. The molecule has 6 heavy (non-hydrogen) atoms. The van der Waals surface area contributed by atoms with Gasteiger partial charge >= 0.3 is 30.4 Å². The van der Waals surface area contributed by atoms with Crippen molar-refractivity contribution in [1.29, 1.82) is 0 Å². The van der Waals surface area contributed by atoms with Crippen molar-refractivity contribution in [2.45, 2.75) is 0 Å². The Morgan fingerprint density at radius 3 is 1.17 bits per heavy atom. The predicted molar refractivity (Wildman–Crippen MR) is 20.9 cm³/mol. The number of hydrogen-bond donors (Lipinski definition) is 4. The van der Waals surface area contributed by atoms with Crippen LogP contribution in [0.5, 0.6) is 0 Å². The fourth-order valence-corrected chi connectivity index (χ4v) is 0. The first-order chi connectivity index (χ1) is 1.73. The summed E-state index contributed by atoms with van der Waals surface area (Å²) < 4.78 is 23.3. The molecule has 0 aliphatic heterocycles. The number of hydrogen-bond acceptors (Lipinski definition) is 3. The summed E-state index contributed by atoms with van der Waals surface area (Å²) in [4.78, 5) is 0. The van der Waals surface area contributed by atoms with Gasteiger partial charge in [-0.25, -0.2) is 0 Å². The molecule has 0 spiro atoms. The van der Waals surface area contributed by atoms with E-state index in [4.69, 9.17) is 10.0 Å². The maximum absolute atomic E-state index is 8.81. The normalized spacial score (nSPS) is 5.83. The molecule has 6 heteroatoms. The van der Waals surface area contributed by atoms with Gasteiger partial charge in [0.25, 0.3) is 0 Å². The zero-order chi connectivity index (χ0) is 3.58. The van der Waals surface area contributed by atoms with Crippen molar-refractivity contribution in [3.05, 3.63) is 0 Å². The Labute approximate surface area is 43.2 Å². The molecule has 0 rings (SSSR count). The van der Waals surface area contributed by atoms with Gasteiger partial charge in [0.1, 0.15) is 0 Å². The van der Waals surface area contributed by atoms with E-state index in [1.54, 1.807) is 0 Å². The molecule has 5 nitrogen and oxygen atoms in total. The zero-order valence-electron chi connectivity index (χ0n) is 3.13. The standard InChI is InChI=1S/2H3N.H2O3Te/c;;1-4(2)3/h2*1H3;(H2,1,2,3). The van der Waals surface area contributed by atoms with Crippen molar-refractivity contribution in [2.75, 3.05) is 0 Å². The molecule has 8 N–H and O–H groups in total. The van der Waals surface area contributed by atoms with Crippen LogP contribution < -0.4 is 12.3 Å². The van der Waals surface area contributed by atoms with E-state index in [0.29, 0.717) is 0 Å². The average molecular weight is 212 g/mol. The molecule has 0 aromatic carbocycles. The maximum atomic E-state index is 8.81. The third-order valence-electron chi connectivity index (χ3n) is 0. The van der Waals surface area contributed by atoms with E-state index < -0.39 is 20.4 Å². The minimum atomic E-state index is -3.61. The van der Waals surface area contributed by atoms with Gasteiger partial charge in [-0.05, 0) is 0 Å². The Bertz CT molecular complexity index is 31.8. The summed E-state index contributed by atoms with van der Waals surface area (Å²) in [5.41, 5.74) is 0. The third kappa shape index (κ3) is 282. The summed E-state index contributed by atoms with van der Waals surface area (Å²) in [5.74, 6) is 0. The van der Waals surface area contributed by atoms with Crippen LogP contribution in [0.15, 0.2) is 0 Å². The van der Waals surface area contributed by atoms with Crippen molar-refractivity contribution < 1.29 is 10.0 Å². The van der Waals surface area contributed by atoms with E-state index in [-0.39, 0.29) is 12.3 Å². The van der Waals surface area contributed by atoms with Crippen molar-refractivity contribution >= 4 is 20.4 Å². The van der Waals surface area contributed by atoms with Crippen LogP contribution in [-0.4, -0.2) is 27.3 Å². The summed E-state index contributed by atoms with van der Waals surface area (Å²) in [7, 11) is 0. The fraction of sp³-hybridized carbons (Fsp3) is 0. The first kappa shape index (κ1) is 16.1. The van der Waals surface area contributed by atoms with E-state index in [9.17, 15) is 0 Å². The van der Waals surface area contributed by atoms with Crippen molar-refractivity contribution in [3.63, 3.8) is 0 Å². The van der Waals surface area contributed by atoms with Crippen molar-refractivity contribution in [1.82, 2.24) is 12.3 Å². The van der Waals surface area contributed by atoms with Gasteiger partial charge in [-0.1, -0.05) is 0 Å². The average Bonchev–Trinajstić information content (AvgIpc) is 0.811. The molecule has 0 amide bonds. The monoisotopic (exact) mass is 214 g/mol. The first-order valence-electron chi connectivity index (χ1n) is 0.532. The van der Waals surface area contributed by atoms with Gasteiger partial charge in [-0.3, -0.25) is 0 Å². The van der Waals surface area contributed by atoms with E-state index >= 15 is 0 Å². The van der Waals surface area contributed by atoms with Gasteiger partial charge in [0.2, 0.25) is 0 Å². The molecule has 0 saturated heterocycles. The Morgan fingerprint density at radius 2 is 1.17 bits per heavy atom. The Morgan fingerprint density at radius 1 is 1.17 bits per heavy atom. The van der Waals surface area contributed by atoms with E-state index in [0.717, 1.165) is 0 Å². The molecule has 0 saturated carbocycles. The molecule has 0 atom stereocenters. The summed E-state index contributed by atoms with van der Waals surface area (Å²) in [5, 5.41) is 0. The summed E-state index contributed by atoms with van der Waals surface area (Å²) in [6, 6.07) is 0. The summed E-state index contributed by atoms with van der Waals surface area (Å²) in [6.07, 6.45) is 0. The minimum absolute atomic E-state index is 0. The van der Waals surface area contributed by atoms with Gasteiger partial charge in [0.15, 0.2) is 0 Å². The fourth-order valence-electron chi connectivity index (χ4n) is 0. The second-order valence-electron chi connectivity index (χ2n) is 0.231. The van der Waals surface area contributed by atoms with Gasteiger partial charge in [-0.2, -0.15) is 0 Å². The van der Waals surface area contributed by atoms with Crippen LogP contribution in [-0.2, 0) is 3.10 Å². The molecule has 0 aliphatic rings. The van der Waals surface area contributed by atoms with E-state index in [2.05, 4.69) is 0 Å². The van der Waals surface area contributed by atoms with Crippen molar-refractivity contribution in [2.24, 2.45) is 0 Å². The molecular formula is H8N2O3Te. The number of rotatable bonds is 0. The van der Waals surface area contributed by atoms with Crippen LogP contribution in [0, 0.1) is 0 Å². The predicted octanol–water partition coefficient (Wildman–Crippen LogP) is -1.29. The first-order valence-corrected chi connectivity index (χ1v) is 3.57. The van der Waals surface area contributed by atoms with Crippen LogP contribution in [0.25, 0.3) is 0 Å². The molecular weight excluding hydrogens is 204 g/mol. The summed E-state index contributed by atoms with van der Waals surface area (Å²) >= 11 is -3.61. The topological polar surface area (TPSA) is 128 Å². The SMILES string of the molecule is N.N.O=[Te](O)O. The molecule has 0 heterocycles. The zero-order valence-corrected chi connectivity index (χ0v) is 5.46. The molecule has 0 aromatic rings. The Hall–Kier alpha value is 0.430. The van der Waals surface area contributed by atoms with Gasteiger partial charge in [0, 0.05) is 0 Å². The molecule has 0 radical (unpaired) electrons. The second-order valence-corrected chi connectivity index (χ2v) is 1.55. The summed E-state index contributed by atoms with van der Waals surface area (Å²) in [6.45, 7) is 0. The van der Waals surface area contributed by atoms with Crippen LogP contribution in [0.1, 0.15) is 0 Å². The van der Waals surface area contributed by atoms with Crippen LogP contribution >= 0.6 is 0 Å². The second kappa shape index (κ2) is 9.06. The van der Waals surface area contributed by atoms with Gasteiger partial charge in [-0.15, -0.1) is 0 Å². The van der Waals surface area contributed by atoms with Gasteiger partial charge < -0.3 is 12.3 Å². The van der Waals surface area contributed by atoms with Crippen LogP contribution in [0.2, 0.25) is 0 Å². The molecule has 0 aliphatic carbocycles. The van der Waals surface area contributed by atoms with Crippen molar-refractivity contribution in [3.8, 4) is 0 Å². The van der Waals surface area contributed by atoms with E-state index in [1.165, 1.54) is 0 Å². The molecule has 0 unspecified atom stereocenters. The Balaban J connectivity index is -0.0000000450. The third-order valence-corrected chi connectivity index (χ3v) is 0. The molecule has 42 valence electrons. The molecule has 0 bridgehead atoms.